The van der Waals surface area contributed by atoms with Gasteiger partial charge in [-0.2, -0.15) is 0 Å². The third-order valence-corrected chi connectivity index (χ3v) is 5.35. The Hall–Kier alpha value is -2.12. The molecule has 5 nitrogen and oxygen atoms in total. The van der Waals surface area contributed by atoms with Crippen LogP contribution in [0.3, 0.4) is 0 Å². The summed E-state index contributed by atoms with van der Waals surface area (Å²) >= 11 is 6.03. The highest BCUT2D eigenvalue weighted by atomic mass is 35.5. The Labute approximate surface area is 151 Å². The molecule has 2 aromatic rings. The van der Waals surface area contributed by atoms with Gasteiger partial charge < -0.3 is 5.32 Å². The molecule has 1 amide bonds. The van der Waals surface area contributed by atoms with Crippen LogP contribution in [0, 0.1) is 12.7 Å². The van der Waals surface area contributed by atoms with E-state index in [4.69, 9.17) is 11.6 Å². The predicted octanol–water partition coefficient (Wildman–Crippen LogP) is 3.58. The molecule has 1 atom stereocenters. The lowest BCUT2D eigenvalue weighted by molar-refractivity contribution is -0.116. The highest BCUT2D eigenvalue weighted by Crippen LogP contribution is 2.25. The van der Waals surface area contributed by atoms with Gasteiger partial charge >= 0.3 is 0 Å². The van der Waals surface area contributed by atoms with Gasteiger partial charge in [-0.15, -0.1) is 0 Å². The van der Waals surface area contributed by atoms with E-state index in [9.17, 15) is 17.6 Å². The van der Waals surface area contributed by atoms with Crippen molar-refractivity contribution in [1.82, 2.24) is 0 Å². The molecule has 0 bridgehead atoms. The lowest BCUT2D eigenvalue weighted by Gasteiger charge is -2.28. The zero-order valence-electron chi connectivity index (χ0n) is 14.0. The Morgan fingerprint density at radius 3 is 2.36 bits per heavy atom. The molecule has 0 fully saturated rings. The molecule has 0 spiro atoms. The van der Waals surface area contributed by atoms with E-state index in [2.05, 4.69) is 5.32 Å². The van der Waals surface area contributed by atoms with Crippen molar-refractivity contribution in [2.24, 2.45) is 0 Å². The normalized spacial score (nSPS) is 12.5. The Kier molecular flexibility index (Phi) is 5.69. The number of nitrogens with one attached hydrogen (secondary N) is 1. The Bertz CT molecular complexity index is 885. The molecule has 0 saturated heterocycles. The maximum Gasteiger partial charge on any atom is 0.248 e. The van der Waals surface area contributed by atoms with Crippen molar-refractivity contribution in [2.45, 2.75) is 19.9 Å². The molecule has 0 aliphatic rings. The first-order chi connectivity index (χ1) is 11.6. The fourth-order valence-electron chi connectivity index (χ4n) is 2.38. The fourth-order valence-corrected chi connectivity index (χ4v) is 3.73. The number of benzene rings is 2. The number of carbonyl (C=O) groups excluding carboxylic acids is 1. The number of hydrogen-bond donors (Lipinski definition) is 1. The zero-order chi connectivity index (χ0) is 18.8. The molecule has 0 unspecified atom stereocenters. The first-order valence-corrected chi connectivity index (χ1v) is 9.65. The minimum Gasteiger partial charge on any atom is -0.324 e. The molecule has 1 N–H and O–H groups in total. The predicted molar refractivity (Wildman–Crippen MR) is 98.0 cm³/mol. The van der Waals surface area contributed by atoms with Gasteiger partial charge in [0.1, 0.15) is 11.9 Å². The summed E-state index contributed by atoms with van der Waals surface area (Å²) in [6.07, 6.45) is 0.991. The van der Waals surface area contributed by atoms with Crippen molar-refractivity contribution < 1.29 is 17.6 Å². The van der Waals surface area contributed by atoms with Gasteiger partial charge in [0.15, 0.2) is 0 Å². The highest BCUT2D eigenvalue weighted by molar-refractivity contribution is 7.92. The number of amides is 1. The molecule has 0 aromatic heterocycles. The van der Waals surface area contributed by atoms with E-state index in [0.29, 0.717) is 16.3 Å². The molecule has 0 aliphatic carbocycles. The molecule has 25 heavy (non-hydrogen) atoms. The number of nitrogens with zero attached hydrogens (tertiary/aromatic N) is 1. The van der Waals surface area contributed by atoms with Crippen LogP contribution in [0.15, 0.2) is 42.5 Å². The molecular weight excluding hydrogens is 367 g/mol. The average Bonchev–Trinajstić information content (AvgIpc) is 2.52. The van der Waals surface area contributed by atoms with Crippen molar-refractivity contribution in [2.75, 3.05) is 15.9 Å². The van der Waals surface area contributed by atoms with Crippen LogP contribution in [0.2, 0.25) is 5.02 Å². The van der Waals surface area contributed by atoms with Gasteiger partial charge in [-0.1, -0.05) is 17.7 Å². The topological polar surface area (TPSA) is 66.5 Å². The number of sulfonamides is 1. The fraction of sp³-hybridized carbons (Fsp3) is 0.235. The molecule has 134 valence electrons. The van der Waals surface area contributed by atoms with E-state index in [1.807, 2.05) is 0 Å². The van der Waals surface area contributed by atoms with Gasteiger partial charge in [-0.3, -0.25) is 9.10 Å². The summed E-state index contributed by atoms with van der Waals surface area (Å²) in [5.41, 5.74) is 1.38. The zero-order valence-corrected chi connectivity index (χ0v) is 15.5. The SMILES string of the molecule is Cc1c(Cl)cccc1NC(=O)[C@H](C)N(c1ccc(F)cc1)S(C)(=O)=O. The van der Waals surface area contributed by atoms with E-state index >= 15 is 0 Å². The summed E-state index contributed by atoms with van der Waals surface area (Å²) < 4.78 is 38.4. The van der Waals surface area contributed by atoms with Crippen LogP contribution in [0.4, 0.5) is 15.8 Å². The monoisotopic (exact) mass is 384 g/mol. The maximum absolute atomic E-state index is 13.1. The van der Waals surface area contributed by atoms with E-state index in [0.717, 1.165) is 22.7 Å². The van der Waals surface area contributed by atoms with Gasteiger partial charge in [0.05, 0.1) is 11.9 Å². The number of carbonyl (C=O) groups is 1. The molecular formula is C17H18ClFN2O3S. The summed E-state index contributed by atoms with van der Waals surface area (Å²) in [6, 6.07) is 8.91. The standard InChI is InChI=1S/C17H18ClFN2O3S/c1-11-15(18)5-4-6-16(11)20-17(22)12(2)21(25(3,23)24)14-9-7-13(19)8-10-14/h4-10,12H,1-3H3,(H,20,22)/t12-/m0/s1. The van der Waals surface area contributed by atoms with Gasteiger partial charge in [-0.05, 0) is 55.8 Å². The molecule has 2 rings (SSSR count). The lowest BCUT2D eigenvalue weighted by Crippen LogP contribution is -2.45. The van der Waals surface area contributed by atoms with Crippen molar-refractivity contribution in [3.8, 4) is 0 Å². The van der Waals surface area contributed by atoms with Crippen LogP contribution < -0.4 is 9.62 Å². The van der Waals surface area contributed by atoms with Gasteiger partial charge in [-0.25, -0.2) is 12.8 Å². The molecule has 0 saturated carbocycles. The largest absolute Gasteiger partial charge is 0.324 e. The number of halogens is 2. The Morgan fingerprint density at radius 2 is 1.80 bits per heavy atom. The molecule has 0 radical (unpaired) electrons. The summed E-state index contributed by atoms with van der Waals surface area (Å²) in [4.78, 5) is 12.6. The summed E-state index contributed by atoms with van der Waals surface area (Å²) in [6.45, 7) is 3.20. The maximum atomic E-state index is 13.1. The average molecular weight is 385 g/mol. The summed E-state index contributed by atoms with van der Waals surface area (Å²) in [5, 5.41) is 3.17. The van der Waals surface area contributed by atoms with Crippen LogP contribution in [0.25, 0.3) is 0 Å². The minimum absolute atomic E-state index is 0.203. The van der Waals surface area contributed by atoms with Crippen molar-refractivity contribution in [3.05, 3.63) is 58.9 Å². The van der Waals surface area contributed by atoms with Crippen LogP contribution in [-0.2, 0) is 14.8 Å². The number of anilines is 2. The molecule has 0 aliphatic heterocycles. The van der Waals surface area contributed by atoms with Gasteiger partial charge in [0.25, 0.3) is 0 Å². The Balaban J connectivity index is 2.33. The molecule has 8 heteroatoms. The van der Waals surface area contributed by atoms with E-state index < -0.39 is 27.8 Å². The van der Waals surface area contributed by atoms with Crippen molar-refractivity contribution >= 4 is 38.9 Å². The summed E-state index contributed by atoms with van der Waals surface area (Å²) in [5.74, 6) is -1.02. The van der Waals surface area contributed by atoms with E-state index in [1.54, 1.807) is 25.1 Å². The van der Waals surface area contributed by atoms with Gasteiger partial charge in [0, 0.05) is 10.7 Å². The van der Waals surface area contributed by atoms with Crippen LogP contribution in [0.1, 0.15) is 12.5 Å². The minimum atomic E-state index is -3.76. The lowest BCUT2D eigenvalue weighted by atomic mass is 10.2. The van der Waals surface area contributed by atoms with E-state index in [-0.39, 0.29) is 5.69 Å². The third kappa shape index (κ3) is 4.49. The second kappa shape index (κ2) is 7.41. The summed E-state index contributed by atoms with van der Waals surface area (Å²) in [7, 11) is -3.76. The highest BCUT2D eigenvalue weighted by Gasteiger charge is 2.29. The van der Waals surface area contributed by atoms with Crippen LogP contribution in [-0.4, -0.2) is 26.6 Å². The number of hydrogen-bond acceptors (Lipinski definition) is 3. The smallest absolute Gasteiger partial charge is 0.248 e. The molecule has 0 heterocycles. The van der Waals surface area contributed by atoms with Gasteiger partial charge in [0.2, 0.25) is 15.9 Å². The van der Waals surface area contributed by atoms with Crippen LogP contribution in [0.5, 0.6) is 0 Å². The third-order valence-electron chi connectivity index (χ3n) is 3.70. The first kappa shape index (κ1) is 19.2. The van der Waals surface area contributed by atoms with Crippen molar-refractivity contribution in [1.29, 1.82) is 0 Å². The van der Waals surface area contributed by atoms with Crippen LogP contribution >= 0.6 is 11.6 Å². The second-order valence-corrected chi connectivity index (χ2v) is 7.88. The Morgan fingerprint density at radius 1 is 1.20 bits per heavy atom. The van der Waals surface area contributed by atoms with E-state index in [1.165, 1.54) is 19.1 Å². The molecule has 2 aromatic carbocycles. The first-order valence-electron chi connectivity index (χ1n) is 7.42. The number of rotatable bonds is 5. The second-order valence-electron chi connectivity index (χ2n) is 5.61. The van der Waals surface area contributed by atoms with Crippen molar-refractivity contribution in [3.63, 3.8) is 0 Å². The quantitative estimate of drug-likeness (QED) is 0.856.